The molecule has 3 aromatic rings. The highest BCUT2D eigenvalue weighted by atomic mass is 16.2. The fraction of sp³-hybridized carbons (Fsp3) is 0.261. The zero-order chi connectivity index (χ0) is 19.6. The molecule has 0 radical (unpaired) electrons. The van der Waals surface area contributed by atoms with Crippen LogP contribution in [-0.2, 0) is 5.41 Å². The minimum Gasteiger partial charge on any atom is -0.267 e. The van der Waals surface area contributed by atoms with Gasteiger partial charge in [-0.15, -0.1) is 0 Å². The van der Waals surface area contributed by atoms with Gasteiger partial charge >= 0.3 is 0 Å². The zero-order valence-corrected chi connectivity index (χ0v) is 16.5. The second-order valence-corrected chi connectivity index (χ2v) is 7.79. The SMILES string of the molecule is C/C(=N/NC(=O)c1cc(C)nc2ccccc12)c1ccc(C(C)(C)C)cc1. The molecule has 1 aromatic heterocycles. The number of fused-ring (bicyclic) bond motifs is 1. The number of para-hydroxylation sites is 1. The van der Waals surface area contributed by atoms with Crippen molar-refractivity contribution in [1.82, 2.24) is 10.4 Å². The molecule has 27 heavy (non-hydrogen) atoms. The van der Waals surface area contributed by atoms with Crippen LogP contribution >= 0.6 is 0 Å². The minimum atomic E-state index is -0.234. The van der Waals surface area contributed by atoms with Crippen LogP contribution in [0, 0.1) is 6.92 Å². The lowest BCUT2D eigenvalue weighted by molar-refractivity contribution is 0.0956. The Morgan fingerprint density at radius 3 is 2.37 bits per heavy atom. The number of aromatic nitrogens is 1. The van der Waals surface area contributed by atoms with Crippen LogP contribution < -0.4 is 5.43 Å². The van der Waals surface area contributed by atoms with Gasteiger partial charge in [-0.05, 0) is 42.5 Å². The van der Waals surface area contributed by atoms with Crippen molar-refractivity contribution in [3.8, 4) is 0 Å². The minimum absolute atomic E-state index is 0.109. The van der Waals surface area contributed by atoms with Crippen LogP contribution in [0.1, 0.15) is 54.9 Å². The molecule has 0 spiro atoms. The van der Waals surface area contributed by atoms with E-state index in [9.17, 15) is 4.79 Å². The number of aryl methyl sites for hydroxylation is 1. The van der Waals surface area contributed by atoms with E-state index >= 15 is 0 Å². The summed E-state index contributed by atoms with van der Waals surface area (Å²) in [5, 5.41) is 5.12. The van der Waals surface area contributed by atoms with Gasteiger partial charge in [-0.2, -0.15) is 5.10 Å². The van der Waals surface area contributed by atoms with Crippen molar-refractivity contribution in [2.24, 2.45) is 5.10 Å². The molecule has 0 unspecified atom stereocenters. The Hall–Kier alpha value is -3.01. The van der Waals surface area contributed by atoms with Crippen molar-refractivity contribution in [1.29, 1.82) is 0 Å². The average molecular weight is 359 g/mol. The normalized spacial score (nSPS) is 12.3. The van der Waals surface area contributed by atoms with Gasteiger partial charge in [0.1, 0.15) is 0 Å². The highest BCUT2D eigenvalue weighted by Gasteiger charge is 2.14. The maximum absolute atomic E-state index is 12.7. The van der Waals surface area contributed by atoms with Crippen molar-refractivity contribution in [2.75, 3.05) is 0 Å². The molecule has 0 fully saturated rings. The Labute approximate surface area is 160 Å². The molecule has 1 amide bonds. The Bertz CT molecular complexity index is 1010. The first-order valence-electron chi connectivity index (χ1n) is 9.07. The molecule has 2 aromatic carbocycles. The number of hydrogen-bond acceptors (Lipinski definition) is 3. The Kier molecular flexibility index (Phi) is 5.08. The van der Waals surface area contributed by atoms with Crippen LogP contribution in [0.2, 0.25) is 0 Å². The predicted molar refractivity (Wildman–Crippen MR) is 111 cm³/mol. The van der Waals surface area contributed by atoms with E-state index in [1.165, 1.54) is 5.56 Å². The van der Waals surface area contributed by atoms with Crippen molar-refractivity contribution >= 4 is 22.5 Å². The molecule has 0 aliphatic heterocycles. The summed E-state index contributed by atoms with van der Waals surface area (Å²) in [6.07, 6.45) is 0. The molecule has 138 valence electrons. The van der Waals surface area contributed by atoms with Gasteiger partial charge in [-0.25, -0.2) is 5.43 Å². The summed E-state index contributed by atoms with van der Waals surface area (Å²) in [6, 6.07) is 17.7. The molecule has 1 heterocycles. The van der Waals surface area contributed by atoms with Crippen molar-refractivity contribution in [2.45, 2.75) is 40.0 Å². The fourth-order valence-corrected chi connectivity index (χ4v) is 2.97. The summed E-state index contributed by atoms with van der Waals surface area (Å²) in [5.74, 6) is -0.234. The van der Waals surface area contributed by atoms with Gasteiger partial charge in [0.15, 0.2) is 0 Å². The first-order chi connectivity index (χ1) is 12.8. The van der Waals surface area contributed by atoms with Gasteiger partial charge in [0.2, 0.25) is 0 Å². The summed E-state index contributed by atoms with van der Waals surface area (Å²) in [4.78, 5) is 17.2. The van der Waals surface area contributed by atoms with Gasteiger partial charge in [0.25, 0.3) is 5.91 Å². The Balaban J connectivity index is 1.82. The lowest BCUT2D eigenvalue weighted by atomic mass is 9.86. The first-order valence-corrected chi connectivity index (χ1v) is 9.07. The van der Waals surface area contributed by atoms with Crippen LogP contribution in [-0.4, -0.2) is 16.6 Å². The number of pyridine rings is 1. The Morgan fingerprint density at radius 1 is 1.04 bits per heavy atom. The van der Waals surface area contributed by atoms with Gasteiger partial charge in [0, 0.05) is 11.1 Å². The third-order valence-corrected chi connectivity index (χ3v) is 4.58. The molecule has 0 saturated carbocycles. The van der Waals surface area contributed by atoms with Crippen LogP contribution in [0.15, 0.2) is 59.7 Å². The third-order valence-electron chi connectivity index (χ3n) is 4.58. The van der Waals surface area contributed by atoms with Crippen LogP contribution in [0.3, 0.4) is 0 Å². The van der Waals surface area contributed by atoms with Crippen LogP contribution in [0.4, 0.5) is 0 Å². The molecule has 0 aliphatic rings. The predicted octanol–water partition coefficient (Wildman–Crippen LogP) is 4.99. The number of nitrogens with zero attached hydrogens (tertiary/aromatic N) is 2. The Morgan fingerprint density at radius 2 is 1.70 bits per heavy atom. The molecule has 3 rings (SSSR count). The van der Waals surface area contributed by atoms with E-state index in [1.54, 1.807) is 6.07 Å². The van der Waals surface area contributed by atoms with E-state index in [-0.39, 0.29) is 11.3 Å². The summed E-state index contributed by atoms with van der Waals surface area (Å²) < 4.78 is 0. The zero-order valence-electron chi connectivity index (χ0n) is 16.5. The highest BCUT2D eigenvalue weighted by molar-refractivity contribution is 6.07. The monoisotopic (exact) mass is 359 g/mol. The smallest absolute Gasteiger partial charge is 0.267 e. The maximum atomic E-state index is 12.7. The van der Waals surface area contributed by atoms with Crippen molar-refractivity contribution in [3.05, 3.63) is 77.0 Å². The number of benzene rings is 2. The summed E-state index contributed by atoms with van der Waals surface area (Å²) in [5.41, 5.74) is 8.00. The molecule has 0 saturated heterocycles. The molecule has 1 N–H and O–H groups in total. The molecule has 4 nitrogen and oxygen atoms in total. The largest absolute Gasteiger partial charge is 0.272 e. The van der Waals surface area contributed by atoms with Crippen molar-refractivity contribution in [3.63, 3.8) is 0 Å². The number of amides is 1. The van der Waals surface area contributed by atoms with E-state index in [2.05, 4.69) is 48.4 Å². The van der Waals surface area contributed by atoms with Gasteiger partial charge in [-0.3, -0.25) is 9.78 Å². The number of nitrogens with one attached hydrogen (secondary N) is 1. The number of carbonyl (C=O) groups excluding carboxylic acids is 1. The fourth-order valence-electron chi connectivity index (χ4n) is 2.97. The second kappa shape index (κ2) is 7.31. The van der Waals surface area contributed by atoms with Crippen LogP contribution in [0.5, 0.6) is 0 Å². The number of carbonyl (C=O) groups is 1. The quantitative estimate of drug-likeness (QED) is 0.529. The van der Waals surface area contributed by atoms with E-state index < -0.39 is 0 Å². The van der Waals surface area contributed by atoms with Crippen LogP contribution in [0.25, 0.3) is 10.9 Å². The number of hydrogen-bond donors (Lipinski definition) is 1. The third kappa shape index (κ3) is 4.22. The molecule has 4 heteroatoms. The molecule has 0 aliphatic carbocycles. The maximum Gasteiger partial charge on any atom is 0.272 e. The lowest BCUT2D eigenvalue weighted by Gasteiger charge is -2.19. The highest BCUT2D eigenvalue weighted by Crippen LogP contribution is 2.22. The van der Waals surface area contributed by atoms with Crippen molar-refractivity contribution < 1.29 is 4.79 Å². The molecular weight excluding hydrogens is 334 g/mol. The number of hydrazone groups is 1. The topological polar surface area (TPSA) is 54.4 Å². The average Bonchev–Trinajstić information content (AvgIpc) is 2.64. The summed E-state index contributed by atoms with van der Waals surface area (Å²) in [7, 11) is 0. The summed E-state index contributed by atoms with van der Waals surface area (Å²) in [6.45, 7) is 10.3. The van der Waals surface area contributed by atoms with E-state index in [0.29, 0.717) is 5.56 Å². The van der Waals surface area contributed by atoms with E-state index in [4.69, 9.17) is 0 Å². The molecule has 0 atom stereocenters. The standard InChI is InChI=1S/C23H25N3O/c1-15-14-20(19-8-6-7-9-21(19)24-15)22(27)26-25-16(2)17-10-12-18(13-11-17)23(3,4)5/h6-14H,1-5H3,(H,26,27)/b25-16-. The number of rotatable bonds is 3. The van der Waals surface area contributed by atoms with Gasteiger partial charge < -0.3 is 0 Å². The van der Waals surface area contributed by atoms with Gasteiger partial charge in [-0.1, -0.05) is 63.2 Å². The first kappa shape index (κ1) is 18.8. The van der Waals surface area contributed by atoms with E-state index in [1.807, 2.05) is 50.2 Å². The van der Waals surface area contributed by atoms with Gasteiger partial charge in [0.05, 0.1) is 16.8 Å². The second-order valence-electron chi connectivity index (χ2n) is 7.79. The lowest BCUT2D eigenvalue weighted by Crippen LogP contribution is -2.20. The molecule has 0 bridgehead atoms. The van der Waals surface area contributed by atoms with E-state index in [0.717, 1.165) is 27.9 Å². The summed E-state index contributed by atoms with van der Waals surface area (Å²) >= 11 is 0. The molecular formula is C23H25N3O.